The van der Waals surface area contributed by atoms with Crippen molar-refractivity contribution in [2.75, 3.05) is 0 Å². The predicted octanol–water partition coefficient (Wildman–Crippen LogP) is 7.98. The summed E-state index contributed by atoms with van der Waals surface area (Å²) in [5.41, 5.74) is 1.87. The number of halogens is 4. The van der Waals surface area contributed by atoms with Crippen LogP contribution in [0.1, 0.15) is 92.4 Å². The third-order valence-corrected chi connectivity index (χ3v) is 7.30. The lowest BCUT2D eigenvalue weighted by Gasteiger charge is -2.30. The molecule has 4 rings (SSSR count). The first-order chi connectivity index (χ1) is 14.5. The maximum absolute atomic E-state index is 15.0. The number of hydrogen-bond donors (Lipinski definition) is 0. The molecule has 0 spiro atoms. The predicted molar refractivity (Wildman–Crippen MR) is 112 cm³/mol. The zero-order valence-corrected chi connectivity index (χ0v) is 17.6. The minimum atomic E-state index is -0.863. The molecule has 1 saturated carbocycles. The van der Waals surface area contributed by atoms with E-state index in [1.54, 1.807) is 6.07 Å². The zero-order chi connectivity index (χ0) is 21.3. The van der Waals surface area contributed by atoms with Gasteiger partial charge in [-0.1, -0.05) is 32.3 Å². The first kappa shape index (κ1) is 21.4. The van der Waals surface area contributed by atoms with Gasteiger partial charge in [0.2, 0.25) is 0 Å². The average Bonchev–Trinajstić information content (AvgIpc) is 2.75. The normalized spacial score (nSPS) is 24.0. The van der Waals surface area contributed by atoms with Gasteiger partial charge in [-0.05, 0) is 97.6 Å². The van der Waals surface area contributed by atoms with E-state index in [-0.39, 0.29) is 17.4 Å². The molecule has 2 aromatic carbocycles. The number of benzene rings is 2. The summed E-state index contributed by atoms with van der Waals surface area (Å²) in [5, 5.41) is 0. The Balaban J connectivity index is 1.49. The quantitative estimate of drug-likeness (QED) is 0.432. The summed E-state index contributed by atoms with van der Waals surface area (Å²) in [4.78, 5) is 0. The van der Waals surface area contributed by atoms with Gasteiger partial charge in [0.05, 0.1) is 0 Å². The van der Waals surface area contributed by atoms with Gasteiger partial charge in [0.15, 0.2) is 11.6 Å². The highest BCUT2D eigenvalue weighted by Crippen LogP contribution is 2.41. The van der Waals surface area contributed by atoms with Crippen LogP contribution in [0.2, 0.25) is 0 Å². The molecular formula is C26H30F4. The minimum absolute atomic E-state index is 0.103. The van der Waals surface area contributed by atoms with Gasteiger partial charge in [-0.3, -0.25) is 0 Å². The van der Waals surface area contributed by atoms with E-state index in [1.165, 1.54) is 31.4 Å². The molecule has 1 fully saturated rings. The summed E-state index contributed by atoms with van der Waals surface area (Å²) in [7, 11) is 0. The lowest BCUT2D eigenvalue weighted by molar-refractivity contribution is 0.303. The number of unbranched alkanes of at least 4 members (excludes halogenated alkanes) is 1. The van der Waals surface area contributed by atoms with E-state index in [1.807, 2.05) is 0 Å². The van der Waals surface area contributed by atoms with Crippen molar-refractivity contribution in [3.63, 3.8) is 0 Å². The van der Waals surface area contributed by atoms with E-state index in [9.17, 15) is 8.78 Å². The van der Waals surface area contributed by atoms with Gasteiger partial charge in [-0.25, -0.2) is 17.6 Å². The van der Waals surface area contributed by atoms with Crippen molar-refractivity contribution in [2.24, 2.45) is 5.92 Å². The summed E-state index contributed by atoms with van der Waals surface area (Å²) < 4.78 is 57.5. The molecule has 30 heavy (non-hydrogen) atoms. The molecule has 0 bridgehead atoms. The molecule has 2 aliphatic carbocycles. The maximum atomic E-state index is 15.0. The molecule has 0 saturated heterocycles. The summed E-state index contributed by atoms with van der Waals surface area (Å²) in [6.45, 7) is 2.21. The van der Waals surface area contributed by atoms with Crippen molar-refractivity contribution in [3.05, 3.63) is 69.8 Å². The Hall–Kier alpha value is -1.84. The molecule has 2 aromatic rings. The smallest absolute Gasteiger partial charge is 0.162 e. The third-order valence-electron chi connectivity index (χ3n) is 7.30. The lowest BCUT2D eigenvalue weighted by atomic mass is 9.75. The number of hydrogen-bond acceptors (Lipinski definition) is 0. The van der Waals surface area contributed by atoms with Crippen LogP contribution in [-0.4, -0.2) is 0 Å². The van der Waals surface area contributed by atoms with E-state index in [4.69, 9.17) is 0 Å². The van der Waals surface area contributed by atoms with E-state index < -0.39 is 23.3 Å². The molecule has 0 amide bonds. The molecule has 0 radical (unpaired) electrons. The summed E-state index contributed by atoms with van der Waals surface area (Å²) in [5.74, 6) is -2.03. The molecular weight excluding hydrogens is 388 g/mol. The summed E-state index contributed by atoms with van der Waals surface area (Å²) in [6, 6.07) is 5.69. The highest BCUT2D eigenvalue weighted by atomic mass is 19.2. The lowest BCUT2D eigenvalue weighted by Crippen LogP contribution is -2.18. The van der Waals surface area contributed by atoms with Crippen LogP contribution in [0.15, 0.2) is 24.3 Å². The van der Waals surface area contributed by atoms with Crippen molar-refractivity contribution in [3.8, 4) is 0 Å². The van der Waals surface area contributed by atoms with Gasteiger partial charge < -0.3 is 0 Å². The number of rotatable bonds is 5. The fourth-order valence-corrected chi connectivity index (χ4v) is 5.53. The Morgan fingerprint density at radius 2 is 1.53 bits per heavy atom. The molecule has 1 atom stereocenters. The summed E-state index contributed by atoms with van der Waals surface area (Å²) in [6.07, 6.45) is 9.05. The molecule has 4 heteroatoms. The molecule has 2 aliphatic rings. The summed E-state index contributed by atoms with van der Waals surface area (Å²) >= 11 is 0. The standard InChI is InChI=1S/C26H30F4/c1-2-3-4-16-5-7-17(8-6-16)20-14-23(28)25(24(29)15-20)19-9-11-21-18(13-19)10-12-22(27)26(21)30/h10,12,14-17,19H,2-9,11,13H2,1H3. The van der Waals surface area contributed by atoms with Gasteiger partial charge in [0.1, 0.15) is 11.6 Å². The van der Waals surface area contributed by atoms with E-state index in [0.717, 1.165) is 43.2 Å². The van der Waals surface area contributed by atoms with Crippen molar-refractivity contribution in [2.45, 2.75) is 83.0 Å². The molecule has 1 unspecified atom stereocenters. The topological polar surface area (TPSA) is 0 Å². The van der Waals surface area contributed by atoms with Crippen molar-refractivity contribution in [1.29, 1.82) is 0 Å². The fraction of sp³-hybridized carbons (Fsp3) is 0.538. The van der Waals surface area contributed by atoms with E-state index >= 15 is 8.78 Å². The zero-order valence-electron chi connectivity index (χ0n) is 17.6. The van der Waals surface area contributed by atoms with Gasteiger partial charge in [0.25, 0.3) is 0 Å². The Bertz CT molecular complexity index is 873. The van der Waals surface area contributed by atoms with E-state index in [2.05, 4.69) is 6.92 Å². The van der Waals surface area contributed by atoms with Crippen LogP contribution < -0.4 is 0 Å². The first-order valence-electron chi connectivity index (χ1n) is 11.4. The molecule has 0 heterocycles. The van der Waals surface area contributed by atoms with Crippen LogP contribution in [0.4, 0.5) is 17.6 Å². The average molecular weight is 419 g/mol. The SMILES string of the molecule is CCCCC1CCC(c2cc(F)c(C3CCc4c(ccc(F)c4F)C3)c(F)c2)CC1. The molecule has 0 aromatic heterocycles. The highest BCUT2D eigenvalue weighted by Gasteiger charge is 2.30. The van der Waals surface area contributed by atoms with Gasteiger partial charge in [-0.2, -0.15) is 0 Å². The Morgan fingerprint density at radius 1 is 0.833 bits per heavy atom. The van der Waals surface area contributed by atoms with Gasteiger partial charge in [-0.15, -0.1) is 0 Å². The largest absolute Gasteiger partial charge is 0.207 e. The van der Waals surface area contributed by atoms with Crippen molar-refractivity contribution in [1.82, 2.24) is 0 Å². The second kappa shape index (κ2) is 9.11. The van der Waals surface area contributed by atoms with E-state index in [0.29, 0.717) is 30.4 Å². The second-order valence-corrected chi connectivity index (χ2v) is 9.20. The molecule has 0 nitrogen and oxygen atoms in total. The van der Waals surface area contributed by atoms with Crippen LogP contribution in [0, 0.1) is 29.2 Å². The monoisotopic (exact) mass is 418 g/mol. The van der Waals surface area contributed by atoms with Crippen LogP contribution in [0.3, 0.4) is 0 Å². The Morgan fingerprint density at radius 3 is 2.20 bits per heavy atom. The van der Waals surface area contributed by atoms with Gasteiger partial charge >= 0.3 is 0 Å². The molecule has 162 valence electrons. The fourth-order valence-electron chi connectivity index (χ4n) is 5.53. The van der Waals surface area contributed by atoms with Crippen molar-refractivity contribution < 1.29 is 17.6 Å². The molecule has 0 aliphatic heterocycles. The highest BCUT2D eigenvalue weighted by molar-refractivity contribution is 5.38. The first-order valence-corrected chi connectivity index (χ1v) is 11.4. The number of fused-ring (bicyclic) bond motifs is 1. The van der Waals surface area contributed by atoms with Crippen molar-refractivity contribution >= 4 is 0 Å². The van der Waals surface area contributed by atoms with Crippen LogP contribution in [0.25, 0.3) is 0 Å². The second-order valence-electron chi connectivity index (χ2n) is 9.20. The maximum Gasteiger partial charge on any atom is 0.162 e. The van der Waals surface area contributed by atoms with Crippen LogP contribution in [-0.2, 0) is 12.8 Å². The molecule has 0 N–H and O–H groups in total. The minimum Gasteiger partial charge on any atom is -0.207 e. The third kappa shape index (κ3) is 4.29. The van der Waals surface area contributed by atoms with Crippen LogP contribution >= 0.6 is 0 Å². The Kier molecular flexibility index (Phi) is 6.50. The van der Waals surface area contributed by atoms with Gasteiger partial charge in [0, 0.05) is 5.56 Å². The van der Waals surface area contributed by atoms with Crippen LogP contribution in [0.5, 0.6) is 0 Å². The Labute approximate surface area is 176 Å².